The summed E-state index contributed by atoms with van der Waals surface area (Å²) in [6.45, 7) is 2.15. The monoisotopic (exact) mass is 272 g/mol. The van der Waals surface area contributed by atoms with E-state index in [1.54, 1.807) is 23.9 Å². The summed E-state index contributed by atoms with van der Waals surface area (Å²) < 4.78 is 0. The molecule has 0 aliphatic heterocycles. The zero-order valence-electron chi connectivity index (χ0n) is 10.8. The lowest BCUT2D eigenvalue weighted by Crippen LogP contribution is -1.94. The van der Waals surface area contributed by atoms with Crippen molar-refractivity contribution >= 4 is 17.7 Å². The van der Waals surface area contributed by atoms with Crippen LogP contribution in [0.2, 0.25) is 0 Å². The van der Waals surface area contributed by atoms with Crippen molar-refractivity contribution in [3.05, 3.63) is 65.2 Å². The van der Waals surface area contributed by atoms with E-state index >= 15 is 0 Å². The molecule has 0 spiro atoms. The van der Waals surface area contributed by atoms with Gasteiger partial charge in [0.2, 0.25) is 0 Å². The Hall–Kier alpha value is -1.74. The minimum Gasteiger partial charge on any atom is -0.478 e. The van der Waals surface area contributed by atoms with E-state index in [9.17, 15) is 4.79 Å². The summed E-state index contributed by atoms with van der Waals surface area (Å²) in [4.78, 5) is 11.8. The molecule has 0 saturated heterocycles. The number of carboxylic acids is 1. The molecule has 19 heavy (non-hydrogen) atoms. The molecule has 0 fully saturated rings. The topological polar surface area (TPSA) is 37.3 Å². The van der Waals surface area contributed by atoms with Gasteiger partial charge in [-0.15, -0.1) is 11.8 Å². The van der Waals surface area contributed by atoms with E-state index in [0.717, 1.165) is 17.1 Å². The van der Waals surface area contributed by atoms with E-state index < -0.39 is 5.97 Å². The Labute approximate surface area is 117 Å². The summed E-state index contributed by atoms with van der Waals surface area (Å²) in [5.74, 6) is 0.0165. The lowest BCUT2D eigenvalue weighted by atomic mass is 10.1. The number of benzene rings is 2. The standard InChI is InChI=1S/C16H16O2S/c1-2-12-3-5-13(6-4-12)11-19-15-9-7-14(8-10-15)16(17)18/h3-10H,2,11H2,1H3,(H,17,18). The van der Waals surface area contributed by atoms with Gasteiger partial charge in [0.05, 0.1) is 5.56 Å². The maximum atomic E-state index is 10.7. The molecule has 2 aromatic rings. The van der Waals surface area contributed by atoms with Gasteiger partial charge >= 0.3 is 5.97 Å². The van der Waals surface area contributed by atoms with Crippen LogP contribution in [-0.4, -0.2) is 11.1 Å². The first-order valence-corrected chi connectivity index (χ1v) is 7.21. The molecule has 2 rings (SSSR count). The fourth-order valence-corrected chi connectivity index (χ4v) is 2.59. The van der Waals surface area contributed by atoms with E-state index in [1.807, 2.05) is 12.1 Å². The van der Waals surface area contributed by atoms with E-state index in [-0.39, 0.29) is 0 Å². The van der Waals surface area contributed by atoms with Crippen molar-refractivity contribution in [2.45, 2.75) is 24.0 Å². The van der Waals surface area contributed by atoms with Crippen LogP contribution in [0.5, 0.6) is 0 Å². The molecular formula is C16H16O2S. The summed E-state index contributed by atoms with van der Waals surface area (Å²) in [5.41, 5.74) is 2.96. The lowest BCUT2D eigenvalue weighted by Gasteiger charge is -2.04. The normalized spacial score (nSPS) is 10.4. The van der Waals surface area contributed by atoms with Crippen LogP contribution in [0, 0.1) is 0 Å². The number of aromatic carboxylic acids is 1. The van der Waals surface area contributed by atoms with Crippen LogP contribution in [-0.2, 0) is 12.2 Å². The third-order valence-electron chi connectivity index (χ3n) is 2.94. The van der Waals surface area contributed by atoms with Gasteiger partial charge in [-0.05, 0) is 41.8 Å². The highest BCUT2D eigenvalue weighted by molar-refractivity contribution is 7.98. The molecule has 2 aromatic carbocycles. The molecule has 1 N–H and O–H groups in total. The Bertz CT molecular complexity index is 544. The number of hydrogen-bond donors (Lipinski definition) is 1. The number of aryl methyl sites for hydroxylation is 1. The molecule has 0 atom stereocenters. The molecule has 2 nitrogen and oxygen atoms in total. The van der Waals surface area contributed by atoms with Gasteiger partial charge in [-0.3, -0.25) is 0 Å². The van der Waals surface area contributed by atoms with E-state index in [0.29, 0.717) is 5.56 Å². The SMILES string of the molecule is CCc1ccc(CSc2ccc(C(=O)O)cc2)cc1. The first-order valence-electron chi connectivity index (χ1n) is 6.23. The third-order valence-corrected chi connectivity index (χ3v) is 4.02. The Balaban J connectivity index is 1.95. The molecule has 0 aliphatic carbocycles. The van der Waals surface area contributed by atoms with Crippen LogP contribution in [0.1, 0.15) is 28.4 Å². The van der Waals surface area contributed by atoms with Gasteiger partial charge in [-0.1, -0.05) is 31.2 Å². The Morgan fingerprint density at radius 2 is 1.58 bits per heavy atom. The Morgan fingerprint density at radius 1 is 1.00 bits per heavy atom. The summed E-state index contributed by atoms with van der Waals surface area (Å²) in [6, 6.07) is 15.6. The molecule has 0 saturated carbocycles. The fraction of sp³-hybridized carbons (Fsp3) is 0.188. The molecule has 0 unspecified atom stereocenters. The second kappa shape index (κ2) is 6.43. The largest absolute Gasteiger partial charge is 0.478 e. The van der Waals surface area contributed by atoms with Gasteiger partial charge in [0.15, 0.2) is 0 Å². The zero-order chi connectivity index (χ0) is 13.7. The van der Waals surface area contributed by atoms with Crippen molar-refractivity contribution in [2.24, 2.45) is 0 Å². The van der Waals surface area contributed by atoms with Crippen molar-refractivity contribution in [3.63, 3.8) is 0 Å². The maximum Gasteiger partial charge on any atom is 0.335 e. The van der Waals surface area contributed by atoms with Crippen LogP contribution >= 0.6 is 11.8 Å². The van der Waals surface area contributed by atoms with Gasteiger partial charge in [0.1, 0.15) is 0 Å². The summed E-state index contributed by atoms with van der Waals surface area (Å²) in [7, 11) is 0. The van der Waals surface area contributed by atoms with Gasteiger partial charge in [0.25, 0.3) is 0 Å². The zero-order valence-corrected chi connectivity index (χ0v) is 11.6. The minimum absolute atomic E-state index is 0.330. The second-order valence-corrected chi connectivity index (χ2v) is 5.34. The lowest BCUT2D eigenvalue weighted by molar-refractivity contribution is 0.0697. The molecule has 0 aromatic heterocycles. The molecule has 0 radical (unpaired) electrons. The number of rotatable bonds is 5. The van der Waals surface area contributed by atoms with Crippen LogP contribution in [0.3, 0.4) is 0 Å². The highest BCUT2D eigenvalue weighted by Crippen LogP contribution is 2.23. The van der Waals surface area contributed by atoms with Gasteiger partial charge < -0.3 is 5.11 Å². The molecule has 0 aliphatic rings. The van der Waals surface area contributed by atoms with Crippen LogP contribution in [0.25, 0.3) is 0 Å². The quantitative estimate of drug-likeness (QED) is 0.827. The average molecular weight is 272 g/mol. The number of carboxylic acid groups (broad SMARTS) is 1. The molecule has 0 amide bonds. The summed E-state index contributed by atoms with van der Waals surface area (Å²) in [6.07, 6.45) is 1.06. The number of hydrogen-bond acceptors (Lipinski definition) is 2. The van der Waals surface area contributed by atoms with Crippen molar-refractivity contribution in [1.82, 2.24) is 0 Å². The highest BCUT2D eigenvalue weighted by Gasteiger charge is 2.02. The Kier molecular flexibility index (Phi) is 4.63. The maximum absolute atomic E-state index is 10.7. The van der Waals surface area contributed by atoms with E-state index in [1.165, 1.54) is 11.1 Å². The van der Waals surface area contributed by atoms with Crippen molar-refractivity contribution in [1.29, 1.82) is 0 Å². The summed E-state index contributed by atoms with van der Waals surface area (Å²) >= 11 is 1.71. The van der Waals surface area contributed by atoms with Gasteiger partial charge in [-0.2, -0.15) is 0 Å². The number of carbonyl (C=O) groups is 1. The smallest absolute Gasteiger partial charge is 0.335 e. The molecule has 98 valence electrons. The predicted octanol–water partition coefficient (Wildman–Crippen LogP) is 4.24. The van der Waals surface area contributed by atoms with Crippen LogP contribution in [0.15, 0.2) is 53.4 Å². The number of thioether (sulfide) groups is 1. The van der Waals surface area contributed by atoms with Crippen molar-refractivity contribution in [3.8, 4) is 0 Å². The molecule has 0 bridgehead atoms. The third kappa shape index (κ3) is 3.86. The van der Waals surface area contributed by atoms with E-state index in [4.69, 9.17) is 5.11 Å². The van der Waals surface area contributed by atoms with Crippen molar-refractivity contribution < 1.29 is 9.90 Å². The van der Waals surface area contributed by atoms with Crippen LogP contribution in [0.4, 0.5) is 0 Å². The average Bonchev–Trinajstić information content (AvgIpc) is 2.46. The predicted molar refractivity (Wildman–Crippen MR) is 78.8 cm³/mol. The Morgan fingerprint density at radius 3 is 2.11 bits per heavy atom. The second-order valence-electron chi connectivity index (χ2n) is 4.29. The first-order chi connectivity index (χ1) is 9.19. The first kappa shape index (κ1) is 13.7. The fourth-order valence-electron chi connectivity index (χ4n) is 1.73. The van der Waals surface area contributed by atoms with Gasteiger partial charge in [0, 0.05) is 10.6 Å². The van der Waals surface area contributed by atoms with Gasteiger partial charge in [-0.25, -0.2) is 4.79 Å². The van der Waals surface area contributed by atoms with Crippen LogP contribution < -0.4 is 0 Å². The van der Waals surface area contributed by atoms with Crippen molar-refractivity contribution in [2.75, 3.05) is 0 Å². The van der Waals surface area contributed by atoms with E-state index in [2.05, 4.69) is 31.2 Å². The molecule has 3 heteroatoms. The summed E-state index contributed by atoms with van der Waals surface area (Å²) in [5, 5.41) is 8.83. The minimum atomic E-state index is -0.883. The molecule has 0 heterocycles. The molecular weight excluding hydrogens is 256 g/mol. The highest BCUT2D eigenvalue weighted by atomic mass is 32.2.